The first-order valence-electron chi connectivity index (χ1n) is 3.97. The smallest absolute Gasteiger partial charge is 0.308 e. The number of hydrogen-bond donors (Lipinski definition) is 1. The third kappa shape index (κ3) is 2.35. The summed E-state index contributed by atoms with van der Waals surface area (Å²) in [6, 6.07) is 0. The van der Waals surface area contributed by atoms with Crippen molar-refractivity contribution in [1.82, 2.24) is 4.98 Å². The molecule has 14 heavy (non-hydrogen) atoms. The number of carbonyl (C=O) groups is 1. The second kappa shape index (κ2) is 4.28. The second-order valence-electron chi connectivity index (χ2n) is 2.89. The van der Waals surface area contributed by atoms with Crippen LogP contribution < -0.4 is 9.64 Å². The number of nitrogens with zero attached hydrogens (tertiary/aromatic N) is 2. The minimum Gasteiger partial charge on any atom is -0.481 e. The maximum atomic E-state index is 10.5. The first-order valence-corrected chi connectivity index (χ1v) is 4.79. The largest absolute Gasteiger partial charge is 0.481 e. The van der Waals surface area contributed by atoms with E-state index in [1.165, 1.54) is 18.4 Å². The Morgan fingerprint density at radius 2 is 2.29 bits per heavy atom. The Morgan fingerprint density at radius 1 is 1.64 bits per heavy atom. The fourth-order valence-electron chi connectivity index (χ4n) is 0.926. The summed E-state index contributed by atoms with van der Waals surface area (Å²) in [6.07, 6.45) is -0.0469. The van der Waals surface area contributed by atoms with Crippen LogP contribution in [0.5, 0.6) is 5.88 Å². The molecule has 6 heteroatoms. The van der Waals surface area contributed by atoms with Crippen molar-refractivity contribution in [1.29, 1.82) is 0 Å². The third-order valence-electron chi connectivity index (χ3n) is 1.54. The first-order chi connectivity index (χ1) is 6.54. The van der Waals surface area contributed by atoms with Crippen molar-refractivity contribution in [3.8, 4) is 5.88 Å². The van der Waals surface area contributed by atoms with Crippen LogP contribution in [0.2, 0.25) is 0 Å². The number of carboxylic acid groups (broad SMARTS) is 1. The standard InChI is InChI=1S/C8H12N2O3S/c1-10(2)8-9-7(13-3)5(14-8)4-6(11)12/h4H2,1-3H3,(H,11,12). The number of anilines is 1. The summed E-state index contributed by atoms with van der Waals surface area (Å²) in [5.74, 6) is -0.474. The number of thiazole rings is 1. The molecule has 1 aromatic heterocycles. The number of ether oxygens (including phenoxy) is 1. The van der Waals surface area contributed by atoms with Gasteiger partial charge in [0, 0.05) is 14.1 Å². The molecule has 0 saturated heterocycles. The van der Waals surface area contributed by atoms with Gasteiger partial charge in [0.05, 0.1) is 18.4 Å². The summed E-state index contributed by atoms with van der Waals surface area (Å²) in [7, 11) is 5.19. The highest BCUT2D eigenvalue weighted by molar-refractivity contribution is 7.16. The molecular formula is C8H12N2O3S. The molecule has 0 fully saturated rings. The van der Waals surface area contributed by atoms with Crippen LogP contribution in [0.15, 0.2) is 0 Å². The molecular weight excluding hydrogens is 204 g/mol. The average molecular weight is 216 g/mol. The number of rotatable bonds is 4. The quantitative estimate of drug-likeness (QED) is 0.808. The normalized spacial score (nSPS) is 9.93. The lowest BCUT2D eigenvalue weighted by atomic mass is 10.4. The zero-order chi connectivity index (χ0) is 10.7. The van der Waals surface area contributed by atoms with Gasteiger partial charge in [-0.3, -0.25) is 4.79 Å². The fourth-order valence-corrected chi connectivity index (χ4v) is 1.87. The lowest BCUT2D eigenvalue weighted by molar-refractivity contribution is -0.136. The maximum Gasteiger partial charge on any atom is 0.308 e. The van der Waals surface area contributed by atoms with E-state index in [4.69, 9.17) is 9.84 Å². The molecule has 0 bridgehead atoms. The Morgan fingerprint density at radius 3 is 2.71 bits per heavy atom. The van der Waals surface area contributed by atoms with Crippen molar-refractivity contribution in [2.45, 2.75) is 6.42 Å². The predicted octanol–water partition coefficient (Wildman–Crippen LogP) is 0.845. The number of methoxy groups -OCH3 is 1. The molecule has 0 atom stereocenters. The highest BCUT2D eigenvalue weighted by Crippen LogP contribution is 2.30. The second-order valence-corrected chi connectivity index (χ2v) is 3.96. The van der Waals surface area contributed by atoms with Gasteiger partial charge in [0.25, 0.3) is 0 Å². The van der Waals surface area contributed by atoms with Crippen LogP contribution in [0.4, 0.5) is 5.13 Å². The summed E-state index contributed by atoms with van der Waals surface area (Å²) in [5, 5.41) is 9.39. The van der Waals surface area contributed by atoms with Gasteiger partial charge < -0.3 is 14.7 Å². The molecule has 0 aliphatic heterocycles. The van der Waals surface area contributed by atoms with E-state index in [0.717, 1.165) is 5.13 Å². The van der Waals surface area contributed by atoms with Crippen LogP contribution in [0, 0.1) is 0 Å². The molecule has 0 aromatic carbocycles. The molecule has 0 unspecified atom stereocenters. The van der Waals surface area contributed by atoms with E-state index in [1.807, 2.05) is 19.0 Å². The van der Waals surface area contributed by atoms with Gasteiger partial charge in [0.2, 0.25) is 5.88 Å². The van der Waals surface area contributed by atoms with Gasteiger partial charge in [-0.15, -0.1) is 0 Å². The molecule has 0 spiro atoms. The molecule has 5 nitrogen and oxygen atoms in total. The van der Waals surface area contributed by atoms with E-state index in [-0.39, 0.29) is 6.42 Å². The highest BCUT2D eigenvalue weighted by Gasteiger charge is 2.15. The van der Waals surface area contributed by atoms with Crippen LogP contribution in [0.1, 0.15) is 4.88 Å². The molecule has 1 heterocycles. The third-order valence-corrected chi connectivity index (χ3v) is 2.74. The van der Waals surface area contributed by atoms with Gasteiger partial charge in [0.1, 0.15) is 0 Å². The summed E-state index contributed by atoms with van der Waals surface area (Å²) in [6.45, 7) is 0. The molecule has 1 aromatic rings. The van der Waals surface area contributed by atoms with E-state index in [9.17, 15) is 4.79 Å². The van der Waals surface area contributed by atoms with E-state index in [0.29, 0.717) is 10.8 Å². The van der Waals surface area contributed by atoms with Crippen LogP contribution >= 0.6 is 11.3 Å². The minimum absolute atomic E-state index is 0.0469. The number of aliphatic carboxylic acids is 1. The SMILES string of the molecule is COc1nc(N(C)C)sc1CC(=O)O. The maximum absolute atomic E-state index is 10.5. The summed E-state index contributed by atoms with van der Waals surface area (Å²) < 4.78 is 4.99. The zero-order valence-electron chi connectivity index (χ0n) is 8.27. The Kier molecular flexibility index (Phi) is 3.29. The van der Waals surface area contributed by atoms with Gasteiger partial charge in [0.15, 0.2) is 5.13 Å². The van der Waals surface area contributed by atoms with Crippen molar-refractivity contribution in [3.05, 3.63) is 4.88 Å². The molecule has 1 N–H and O–H groups in total. The zero-order valence-corrected chi connectivity index (χ0v) is 9.09. The van der Waals surface area contributed by atoms with Crippen LogP contribution in [-0.2, 0) is 11.2 Å². The topological polar surface area (TPSA) is 62.7 Å². The van der Waals surface area contributed by atoms with Crippen molar-refractivity contribution in [3.63, 3.8) is 0 Å². The van der Waals surface area contributed by atoms with Crippen molar-refractivity contribution in [2.24, 2.45) is 0 Å². The Hall–Kier alpha value is -1.30. The Bertz CT molecular complexity index is 335. The van der Waals surface area contributed by atoms with E-state index >= 15 is 0 Å². The average Bonchev–Trinajstić information content (AvgIpc) is 2.46. The number of hydrogen-bond acceptors (Lipinski definition) is 5. The fraction of sp³-hybridized carbons (Fsp3) is 0.500. The molecule has 0 amide bonds. The molecule has 0 saturated carbocycles. The molecule has 1 rings (SSSR count). The minimum atomic E-state index is -0.878. The summed E-state index contributed by atoms with van der Waals surface area (Å²) >= 11 is 1.33. The lowest BCUT2D eigenvalue weighted by Gasteiger charge is -2.04. The first kappa shape index (κ1) is 10.8. The van der Waals surface area contributed by atoms with E-state index in [1.54, 1.807) is 0 Å². The number of aromatic nitrogens is 1. The van der Waals surface area contributed by atoms with Crippen molar-refractivity contribution in [2.75, 3.05) is 26.1 Å². The highest BCUT2D eigenvalue weighted by atomic mass is 32.1. The van der Waals surface area contributed by atoms with Gasteiger partial charge in [-0.05, 0) is 0 Å². The summed E-state index contributed by atoms with van der Waals surface area (Å²) in [5.41, 5.74) is 0. The summed E-state index contributed by atoms with van der Waals surface area (Å²) in [4.78, 5) is 17.1. The number of carboxylic acids is 1. The van der Waals surface area contributed by atoms with Crippen LogP contribution in [0.25, 0.3) is 0 Å². The van der Waals surface area contributed by atoms with Gasteiger partial charge in [-0.2, -0.15) is 4.98 Å². The molecule has 0 radical (unpaired) electrons. The Labute approximate surface area is 85.9 Å². The molecule has 0 aliphatic carbocycles. The van der Waals surface area contributed by atoms with Gasteiger partial charge >= 0.3 is 5.97 Å². The van der Waals surface area contributed by atoms with Crippen molar-refractivity contribution < 1.29 is 14.6 Å². The van der Waals surface area contributed by atoms with E-state index in [2.05, 4.69) is 4.98 Å². The predicted molar refractivity (Wildman–Crippen MR) is 54.3 cm³/mol. The van der Waals surface area contributed by atoms with Gasteiger partial charge in [-0.1, -0.05) is 11.3 Å². The van der Waals surface area contributed by atoms with E-state index < -0.39 is 5.97 Å². The molecule has 0 aliphatic rings. The van der Waals surface area contributed by atoms with Crippen molar-refractivity contribution >= 4 is 22.4 Å². The van der Waals surface area contributed by atoms with Crippen LogP contribution in [0.3, 0.4) is 0 Å². The molecule has 78 valence electrons. The van der Waals surface area contributed by atoms with Crippen LogP contribution in [-0.4, -0.2) is 37.3 Å². The van der Waals surface area contributed by atoms with Gasteiger partial charge in [-0.25, -0.2) is 0 Å². The lowest BCUT2D eigenvalue weighted by Crippen LogP contribution is -2.07. The monoisotopic (exact) mass is 216 g/mol. The Balaban J connectivity index is 2.96.